The third-order valence-electron chi connectivity index (χ3n) is 3.13. The van der Waals surface area contributed by atoms with Crippen molar-refractivity contribution in [2.75, 3.05) is 0 Å². The summed E-state index contributed by atoms with van der Waals surface area (Å²) in [5.41, 5.74) is 2.95. The average Bonchev–Trinajstić information content (AvgIpc) is 3.10. The number of hydrogen-bond donors (Lipinski definition) is 1. The van der Waals surface area contributed by atoms with E-state index in [0.717, 1.165) is 21.2 Å². The SMILES string of the molecule is Fc1ccc(-c2cscc2Br)cc1CNC1CC1. The molecule has 0 radical (unpaired) electrons. The molecule has 1 nitrogen and oxygen atoms in total. The molecule has 0 amide bonds. The standard InChI is InChI=1S/C14H13BrFNS/c15-13-8-18-7-12(13)9-1-4-14(16)10(5-9)6-17-11-2-3-11/h1,4-5,7-8,11,17H,2-3,6H2. The topological polar surface area (TPSA) is 12.0 Å². The number of benzene rings is 1. The Bertz CT molecular complexity index is 563. The number of thiophene rings is 1. The summed E-state index contributed by atoms with van der Waals surface area (Å²) < 4.78 is 14.8. The predicted molar refractivity (Wildman–Crippen MR) is 77.3 cm³/mol. The minimum Gasteiger partial charge on any atom is -0.310 e. The lowest BCUT2D eigenvalue weighted by atomic mass is 10.1. The first-order chi connectivity index (χ1) is 8.74. The van der Waals surface area contributed by atoms with Crippen LogP contribution in [0.15, 0.2) is 33.4 Å². The minimum atomic E-state index is -0.127. The van der Waals surface area contributed by atoms with Crippen LogP contribution in [0, 0.1) is 5.82 Å². The van der Waals surface area contributed by atoms with Gasteiger partial charge in [0, 0.05) is 33.6 Å². The molecule has 0 spiro atoms. The van der Waals surface area contributed by atoms with Gasteiger partial charge in [-0.05, 0) is 51.8 Å². The summed E-state index contributed by atoms with van der Waals surface area (Å²) in [6.07, 6.45) is 2.44. The Kier molecular flexibility index (Phi) is 3.50. The molecule has 3 rings (SSSR count). The summed E-state index contributed by atoms with van der Waals surface area (Å²) in [7, 11) is 0. The molecule has 1 N–H and O–H groups in total. The maximum atomic E-state index is 13.7. The van der Waals surface area contributed by atoms with Gasteiger partial charge in [-0.25, -0.2) is 4.39 Å². The summed E-state index contributed by atoms with van der Waals surface area (Å²) in [6, 6.07) is 5.94. The second-order valence-electron chi connectivity index (χ2n) is 4.59. The van der Waals surface area contributed by atoms with E-state index in [-0.39, 0.29) is 5.82 Å². The highest BCUT2D eigenvalue weighted by Gasteiger charge is 2.20. The molecule has 1 heterocycles. The van der Waals surface area contributed by atoms with E-state index in [1.807, 2.05) is 17.5 Å². The van der Waals surface area contributed by atoms with Gasteiger partial charge in [0.2, 0.25) is 0 Å². The zero-order valence-electron chi connectivity index (χ0n) is 9.75. The lowest BCUT2D eigenvalue weighted by Gasteiger charge is -2.07. The zero-order valence-corrected chi connectivity index (χ0v) is 12.2. The van der Waals surface area contributed by atoms with Gasteiger partial charge in [0.1, 0.15) is 5.82 Å². The first kappa shape index (κ1) is 12.3. The van der Waals surface area contributed by atoms with E-state index in [1.165, 1.54) is 12.8 Å². The molecule has 94 valence electrons. The van der Waals surface area contributed by atoms with E-state index in [9.17, 15) is 4.39 Å². The molecule has 1 fully saturated rings. The van der Waals surface area contributed by atoms with Crippen LogP contribution in [0.1, 0.15) is 18.4 Å². The fourth-order valence-electron chi connectivity index (χ4n) is 1.91. The van der Waals surface area contributed by atoms with Gasteiger partial charge in [-0.1, -0.05) is 6.07 Å². The molecule has 18 heavy (non-hydrogen) atoms. The third-order valence-corrected chi connectivity index (χ3v) is 4.83. The highest BCUT2D eigenvalue weighted by molar-refractivity contribution is 9.10. The molecule has 0 atom stereocenters. The van der Waals surface area contributed by atoms with Gasteiger partial charge >= 0.3 is 0 Å². The second-order valence-corrected chi connectivity index (χ2v) is 6.19. The van der Waals surface area contributed by atoms with Crippen LogP contribution in [0.4, 0.5) is 4.39 Å². The van der Waals surface area contributed by atoms with Gasteiger partial charge < -0.3 is 5.32 Å². The molecule has 0 bridgehead atoms. The van der Waals surface area contributed by atoms with Crippen molar-refractivity contribution >= 4 is 27.3 Å². The molecule has 0 saturated heterocycles. The number of halogens is 2. The number of hydrogen-bond acceptors (Lipinski definition) is 2. The Morgan fingerprint density at radius 1 is 1.33 bits per heavy atom. The van der Waals surface area contributed by atoms with Crippen molar-refractivity contribution in [3.8, 4) is 11.1 Å². The van der Waals surface area contributed by atoms with Crippen molar-refractivity contribution in [1.82, 2.24) is 5.32 Å². The number of rotatable bonds is 4. The summed E-state index contributed by atoms with van der Waals surface area (Å²) >= 11 is 5.16. The summed E-state index contributed by atoms with van der Waals surface area (Å²) in [5.74, 6) is -0.127. The molecule has 1 aliphatic rings. The average molecular weight is 326 g/mol. The van der Waals surface area contributed by atoms with Gasteiger partial charge in [-0.2, -0.15) is 11.3 Å². The van der Waals surface area contributed by atoms with Crippen LogP contribution in [-0.4, -0.2) is 6.04 Å². The van der Waals surface area contributed by atoms with Crippen LogP contribution in [0.25, 0.3) is 11.1 Å². The molecule has 1 aliphatic carbocycles. The van der Waals surface area contributed by atoms with E-state index in [2.05, 4.69) is 26.6 Å². The first-order valence-corrected chi connectivity index (χ1v) is 7.71. The molecule has 0 unspecified atom stereocenters. The highest BCUT2D eigenvalue weighted by atomic mass is 79.9. The van der Waals surface area contributed by atoms with Crippen molar-refractivity contribution in [3.63, 3.8) is 0 Å². The van der Waals surface area contributed by atoms with Crippen LogP contribution in [0.3, 0.4) is 0 Å². The van der Waals surface area contributed by atoms with Gasteiger partial charge in [-0.3, -0.25) is 0 Å². The van der Waals surface area contributed by atoms with Gasteiger partial charge in [0.15, 0.2) is 0 Å². The fourth-order valence-corrected chi connectivity index (χ4v) is 3.44. The van der Waals surface area contributed by atoms with Gasteiger partial charge in [-0.15, -0.1) is 0 Å². The largest absolute Gasteiger partial charge is 0.310 e. The molecule has 0 aliphatic heterocycles. The maximum absolute atomic E-state index is 13.7. The normalized spacial score (nSPS) is 15.0. The summed E-state index contributed by atoms with van der Waals surface area (Å²) in [5, 5.41) is 7.47. The van der Waals surface area contributed by atoms with Crippen LogP contribution < -0.4 is 5.32 Å². The zero-order chi connectivity index (χ0) is 12.5. The fraction of sp³-hybridized carbons (Fsp3) is 0.286. The van der Waals surface area contributed by atoms with E-state index >= 15 is 0 Å². The van der Waals surface area contributed by atoms with E-state index in [0.29, 0.717) is 12.6 Å². The van der Waals surface area contributed by atoms with Crippen molar-refractivity contribution in [2.45, 2.75) is 25.4 Å². The molecule has 1 saturated carbocycles. The van der Waals surface area contributed by atoms with Crippen molar-refractivity contribution in [1.29, 1.82) is 0 Å². The Hall–Kier alpha value is -0.710. The Morgan fingerprint density at radius 2 is 2.17 bits per heavy atom. The van der Waals surface area contributed by atoms with Crippen LogP contribution >= 0.6 is 27.3 Å². The lowest BCUT2D eigenvalue weighted by molar-refractivity contribution is 0.587. The Morgan fingerprint density at radius 3 is 2.83 bits per heavy atom. The Labute approximate surface area is 118 Å². The molecule has 2 aromatic rings. The molecule has 1 aromatic heterocycles. The summed E-state index contributed by atoms with van der Waals surface area (Å²) in [6.45, 7) is 0.617. The third kappa shape index (κ3) is 2.66. The predicted octanol–water partition coefficient (Wildman–Crippen LogP) is 4.57. The van der Waals surface area contributed by atoms with Crippen LogP contribution in [-0.2, 0) is 6.54 Å². The number of nitrogens with one attached hydrogen (secondary N) is 1. The summed E-state index contributed by atoms with van der Waals surface area (Å²) in [4.78, 5) is 0. The van der Waals surface area contributed by atoms with Crippen molar-refractivity contribution < 1.29 is 4.39 Å². The molecule has 1 aromatic carbocycles. The van der Waals surface area contributed by atoms with Crippen molar-refractivity contribution in [2.24, 2.45) is 0 Å². The Balaban J connectivity index is 1.87. The second kappa shape index (κ2) is 5.11. The van der Waals surface area contributed by atoms with Gasteiger partial charge in [0.05, 0.1) is 0 Å². The van der Waals surface area contributed by atoms with Crippen LogP contribution in [0.2, 0.25) is 0 Å². The molecular weight excluding hydrogens is 313 g/mol. The van der Waals surface area contributed by atoms with Crippen molar-refractivity contribution in [3.05, 3.63) is 44.8 Å². The van der Waals surface area contributed by atoms with E-state index in [1.54, 1.807) is 17.4 Å². The lowest BCUT2D eigenvalue weighted by Crippen LogP contribution is -2.16. The van der Waals surface area contributed by atoms with Gasteiger partial charge in [0.25, 0.3) is 0 Å². The van der Waals surface area contributed by atoms with E-state index in [4.69, 9.17) is 0 Å². The quantitative estimate of drug-likeness (QED) is 0.868. The van der Waals surface area contributed by atoms with Crippen LogP contribution in [0.5, 0.6) is 0 Å². The van der Waals surface area contributed by atoms with E-state index < -0.39 is 0 Å². The monoisotopic (exact) mass is 325 g/mol. The molecular formula is C14H13BrFNS. The molecule has 4 heteroatoms. The minimum absolute atomic E-state index is 0.127. The smallest absolute Gasteiger partial charge is 0.127 e. The highest BCUT2D eigenvalue weighted by Crippen LogP contribution is 2.32. The first-order valence-electron chi connectivity index (χ1n) is 5.98. The maximum Gasteiger partial charge on any atom is 0.127 e.